The lowest BCUT2D eigenvalue weighted by atomic mass is 10.2. The number of hydrogen-bond donors (Lipinski definition) is 0. The molecule has 182 valence electrons. The van der Waals surface area contributed by atoms with E-state index in [1.807, 2.05) is 0 Å². The normalized spacial score (nSPS) is 11.6. The van der Waals surface area contributed by atoms with Crippen molar-refractivity contribution in [2.45, 2.75) is 25.7 Å². The predicted molar refractivity (Wildman–Crippen MR) is 118 cm³/mol. The summed E-state index contributed by atoms with van der Waals surface area (Å²) in [5, 5.41) is 8.86. The molecular formula is C21H17ClF3N7O3. The summed E-state index contributed by atoms with van der Waals surface area (Å²) >= 11 is 5.90. The molecule has 4 aromatic rings. The number of alkyl halides is 3. The molecule has 0 saturated heterocycles. The highest BCUT2D eigenvalue weighted by Gasteiger charge is 2.28. The van der Waals surface area contributed by atoms with Gasteiger partial charge in [-0.1, -0.05) is 11.6 Å². The highest BCUT2D eigenvalue weighted by atomic mass is 35.5. The molecule has 1 aromatic carbocycles. The number of benzene rings is 1. The number of hydrogen-bond acceptors (Lipinski definition) is 7. The van der Waals surface area contributed by atoms with Crippen molar-refractivity contribution >= 4 is 17.9 Å². The summed E-state index contributed by atoms with van der Waals surface area (Å²) in [6.07, 6.45) is -3.77. The van der Waals surface area contributed by atoms with Crippen LogP contribution in [0.5, 0.6) is 5.75 Å². The number of pyridine rings is 1. The average molecular weight is 508 g/mol. The summed E-state index contributed by atoms with van der Waals surface area (Å²) in [6.45, 7) is -0.936. The topological polar surface area (TPSA) is 110 Å². The summed E-state index contributed by atoms with van der Waals surface area (Å²) in [6, 6.07) is 9.41. The average Bonchev–Trinajstić information content (AvgIpc) is 3.38. The van der Waals surface area contributed by atoms with Crippen molar-refractivity contribution in [1.29, 1.82) is 0 Å². The maximum atomic E-state index is 13.0. The van der Waals surface area contributed by atoms with E-state index in [1.165, 1.54) is 25.4 Å². The van der Waals surface area contributed by atoms with Crippen molar-refractivity contribution in [3.05, 3.63) is 69.8 Å². The Hall–Kier alpha value is -4.00. The fourth-order valence-corrected chi connectivity index (χ4v) is 3.42. The number of aldehydes is 1. The molecule has 14 heteroatoms. The molecule has 0 aliphatic rings. The molecule has 3 heterocycles. The Labute approximate surface area is 200 Å². The second kappa shape index (κ2) is 9.70. The molecule has 0 atom stereocenters. The zero-order chi connectivity index (χ0) is 25.2. The Morgan fingerprint density at radius 2 is 1.89 bits per heavy atom. The van der Waals surface area contributed by atoms with Crippen LogP contribution in [-0.2, 0) is 13.1 Å². The number of rotatable bonds is 8. The van der Waals surface area contributed by atoms with Crippen LogP contribution in [0.25, 0.3) is 17.2 Å². The van der Waals surface area contributed by atoms with Crippen LogP contribution in [0, 0.1) is 0 Å². The molecule has 0 bridgehead atoms. The first kappa shape index (κ1) is 24.1. The lowest BCUT2D eigenvalue weighted by molar-refractivity contribution is -0.136. The number of carbonyl (C=O) groups excluding carboxylic acids is 1. The monoisotopic (exact) mass is 507 g/mol. The summed E-state index contributed by atoms with van der Waals surface area (Å²) in [5.74, 6) is 0.452. The van der Waals surface area contributed by atoms with Crippen LogP contribution in [0.3, 0.4) is 0 Å². The summed E-state index contributed by atoms with van der Waals surface area (Å²) in [4.78, 5) is 32.8. The first-order valence-corrected chi connectivity index (χ1v) is 10.5. The molecule has 0 N–H and O–H groups in total. The van der Waals surface area contributed by atoms with Crippen LogP contribution in [0.1, 0.15) is 22.9 Å². The maximum absolute atomic E-state index is 13.0. The molecule has 4 rings (SSSR count). The van der Waals surface area contributed by atoms with E-state index in [9.17, 15) is 22.8 Å². The zero-order valence-corrected chi connectivity index (χ0v) is 18.9. The SMILES string of the molecule is COc1cccnc1-n1nc(Cn2nc(-c3ccc(Cl)cc3)n(CCC(F)(F)F)c2=O)nc1C=O. The van der Waals surface area contributed by atoms with Gasteiger partial charge >= 0.3 is 11.9 Å². The van der Waals surface area contributed by atoms with Gasteiger partial charge in [0.2, 0.25) is 0 Å². The van der Waals surface area contributed by atoms with E-state index in [-0.39, 0.29) is 29.8 Å². The quantitative estimate of drug-likeness (QED) is 0.337. The Morgan fingerprint density at radius 3 is 2.54 bits per heavy atom. The molecule has 0 radical (unpaired) electrons. The molecular weight excluding hydrogens is 491 g/mol. The minimum Gasteiger partial charge on any atom is -0.493 e. The van der Waals surface area contributed by atoms with E-state index in [4.69, 9.17) is 16.3 Å². The van der Waals surface area contributed by atoms with Crippen LogP contribution in [0.2, 0.25) is 5.02 Å². The standard InChI is InChI=1S/C21H17ClF3N7O3/c1-35-15-3-2-9-26-19(15)32-17(12-33)27-16(28-32)11-31-20(34)30(10-8-21(23,24)25)18(29-31)13-4-6-14(22)7-5-13/h2-7,9,12H,8,10-11H2,1H3. The van der Waals surface area contributed by atoms with Gasteiger partial charge in [-0.2, -0.15) is 17.9 Å². The molecule has 3 aromatic heterocycles. The molecule has 0 aliphatic carbocycles. The lowest BCUT2D eigenvalue weighted by Gasteiger charge is -2.08. The molecule has 0 unspecified atom stereocenters. The maximum Gasteiger partial charge on any atom is 0.390 e. The van der Waals surface area contributed by atoms with Crippen LogP contribution in [0.15, 0.2) is 47.4 Å². The second-order valence-corrected chi connectivity index (χ2v) is 7.67. The van der Waals surface area contributed by atoms with E-state index in [1.54, 1.807) is 24.3 Å². The number of nitrogens with zero attached hydrogens (tertiary/aromatic N) is 7. The van der Waals surface area contributed by atoms with Crippen LogP contribution in [0.4, 0.5) is 13.2 Å². The van der Waals surface area contributed by atoms with Gasteiger partial charge in [-0.25, -0.2) is 19.4 Å². The fourth-order valence-electron chi connectivity index (χ4n) is 3.30. The predicted octanol–water partition coefficient (Wildman–Crippen LogP) is 3.16. The Balaban J connectivity index is 1.74. The molecule has 0 saturated carbocycles. The van der Waals surface area contributed by atoms with Crippen molar-refractivity contribution in [2.75, 3.05) is 7.11 Å². The third-order valence-electron chi connectivity index (χ3n) is 4.89. The van der Waals surface area contributed by atoms with Gasteiger partial charge in [-0.3, -0.25) is 9.36 Å². The molecule has 10 nitrogen and oxygen atoms in total. The Kier molecular flexibility index (Phi) is 6.69. The number of ether oxygens (including phenoxy) is 1. The molecule has 0 aliphatic heterocycles. The van der Waals surface area contributed by atoms with Crippen LogP contribution in [-0.4, -0.2) is 53.7 Å². The number of aromatic nitrogens is 7. The first-order valence-electron chi connectivity index (χ1n) is 10.1. The highest BCUT2D eigenvalue weighted by Crippen LogP contribution is 2.24. The van der Waals surface area contributed by atoms with E-state index in [2.05, 4.69) is 20.2 Å². The molecule has 0 fully saturated rings. The molecule has 0 amide bonds. The minimum absolute atomic E-state index is 0.0185. The smallest absolute Gasteiger partial charge is 0.390 e. The number of halogens is 4. The van der Waals surface area contributed by atoms with Crippen molar-refractivity contribution < 1.29 is 22.7 Å². The van der Waals surface area contributed by atoms with Gasteiger partial charge < -0.3 is 4.74 Å². The molecule has 0 spiro atoms. The van der Waals surface area contributed by atoms with Gasteiger partial charge in [0.05, 0.1) is 13.5 Å². The largest absolute Gasteiger partial charge is 0.493 e. The zero-order valence-electron chi connectivity index (χ0n) is 18.1. The van der Waals surface area contributed by atoms with E-state index < -0.39 is 24.8 Å². The second-order valence-electron chi connectivity index (χ2n) is 7.23. The van der Waals surface area contributed by atoms with E-state index in [0.29, 0.717) is 22.6 Å². The summed E-state index contributed by atoms with van der Waals surface area (Å²) in [5.41, 5.74) is -0.392. The van der Waals surface area contributed by atoms with Crippen LogP contribution < -0.4 is 10.4 Å². The minimum atomic E-state index is -4.47. The van der Waals surface area contributed by atoms with Gasteiger partial charge in [0, 0.05) is 23.3 Å². The van der Waals surface area contributed by atoms with E-state index >= 15 is 0 Å². The lowest BCUT2D eigenvalue weighted by Crippen LogP contribution is -2.27. The van der Waals surface area contributed by atoms with Crippen molar-refractivity contribution in [1.82, 2.24) is 34.1 Å². The van der Waals surface area contributed by atoms with Crippen molar-refractivity contribution in [2.24, 2.45) is 0 Å². The third kappa shape index (κ3) is 5.24. The van der Waals surface area contributed by atoms with Crippen molar-refractivity contribution in [3.63, 3.8) is 0 Å². The van der Waals surface area contributed by atoms with Crippen LogP contribution >= 0.6 is 11.6 Å². The number of methoxy groups -OCH3 is 1. The molecule has 35 heavy (non-hydrogen) atoms. The van der Waals surface area contributed by atoms with E-state index in [0.717, 1.165) is 13.9 Å². The van der Waals surface area contributed by atoms with Gasteiger partial charge in [0.15, 0.2) is 35.3 Å². The summed E-state index contributed by atoms with van der Waals surface area (Å²) < 4.78 is 46.9. The third-order valence-corrected chi connectivity index (χ3v) is 5.14. The Morgan fingerprint density at radius 1 is 1.14 bits per heavy atom. The first-order chi connectivity index (χ1) is 16.7. The fraction of sp³-hybridized carbons (Fsp3) is 0.238. The highest BCUT2D eigenvalue weighted by molar-refractivity contribution is 6.30. The van der Waals surface area contributed by atoms with Crippen molar-refractivity contribution in [3.8, 4) is 23.0 Å². The van der Waals surface area contributed by atoms with Gasteiger partial charge in [-0.15, -0.1) is 10.2 Å². The Bertz CT molecular complexity index is 1410. The van der Waals surface area contributed by atoms with Gasteiger partial charge in [0.1, 0.15) is 6.54 Å². The van der Waals surface area contributed by atoms with Gasteiger partial charge in [-0.05, 0) is 36.4 Å². The van der Waals surface area contributed by atoms with Gasteiger partial charge in [0.25, 0.3) is 0 Å². The number of carbonyl (C=O) groups is 1. The summed E-state index contributed by atoms with van der Waals surface area (Å²) in [7, 11) is 1.42.